The number of hydrogen-bond acceptors (Lipinski definition) is 6. The standard InChI is InChI=1S/C21H19N5O/c1-11-9-17-14(4)23-20(24-18(17)10-12(11)2)26-21-22-13(3)15-7-5-6-8-16(15)19(27)25-21/h5-10H,1-4H3,(H,23,24,25,26,27). The van der Waals surface area contributed by atoms with Crippen LogP contribution in [0.25, 0.3) is 21.7 Å². The Morgan fingerprint density at radius 1 is 0.704 bits per heavy atom. The van der Waals surface area contributed by atoms with Crippen molar-refractivity contribution in [1.82, 2.24) is 19.9 Å². The summed E-state index contributed by atoms with van der Waals surface area (Å²) in [6.07, 6.45) is 0. The van der Waals surface area contributed by atoms with E-state index in [4.69, 9.17) is 0 Å². The third kappa shape index (κ3) is 3.10. The smallest absolute Gasteiger partial charge is 0.280 e. The molecule has 4 aromatic rings. The first kappa shape index (κ1) is 17.0. The fourth-order valence-corrected chi connectivity index (χ4v) is 3.14. The van der Waals surface area contributed by atoms with Crippen LogP contribution in [0.1, 0.15) is 22.5 Å². The minimum Gasteiger partial charge on any atom is -0.292 e. The van der Waals surface area contributed by atoms with Gasteiger partial charge in [0.2, 0.25) is 11.9 Å². The molecule has 6 heteroatoms. The molecule has 1 N–H and O–H groups in total. The third-order valence-corrected chi connectivity index (χ3v) is 4.75. The van der Waals surface area contributed by atoms with Gasteiger partial charge >= 0.3 is 0 Å². The Morgan fingerprint density at radius 2 is 1.30 bits per heavy atom. The normalized spacial score (nSPS) is 11.1. The Hall–Kier alpha value is -3.41. The second-order valence-corrected chi connectivity index (χ2v) is 6.69. The Labute approximate surface area is 156 Å². The Balaban J connectivity index is 1.85. The quantitative estimate of drug-likeness (QED) is 0.586. The molecule has 134 valence electrons. The van der Waals surface area contributed by atoms with Gasteiger partial charge in [-0.3, -0.25) is 10.1 Å². The molecule has 0 amide bonds. The minimum absolute atomic E-state index is 0.191. The monoisotopic (exact) mass is 357 g/mol. The van der Waals surface area contributed by atoms with Crippen LogP contribution in [0.3, 0.4) is 0 Å². The molecule has 0 aliphatic rings. The molecule has 0 radical (unpaired) electrons. The summed E-state index contributed by atoms with van der Waals surface area (Å²) in [7, 11) is 0. The maximum absolute atomic E-state index is 12.5. The van der Waals surface area contributed by atoms with Crippen LogP contribution in [0.15, 0.2) is 41.2 Å². The fraction of sp³-hybridized carbons (Fsp3) is 0.190. The Kier molecular flexibility index (Phi) is 4.03. The van der Waals surface area contributed by atoms with Crippen LogP contribution in [0.2, 0.25) is 0 Å². The summed E-state index contributed by atoms with van der Waals surface area (Å²) < 4.78 is 0. The second kappa shape index (κ2) is 6.39. The van der Waals surface area contributed by atoms with Crippen molar-refractivity contribution < 1.29 is 0 Å². The summed E-state index contributed by atoms with van der Waals surface area (Å²) in [6.45, 7) is 7.92. The van der Waals surface area contributed by atoms with E-state index in [1.807, 2.05) is 38.1 Å². The molecule has 2 heterocycles. The van der Waals surface area contributed by atoms with Gasteiger partial charge in [0.05, 0.1) is 16.6 Å². The van der Waals surface area contributed by atoms with Gasteiger partial charge in [-0.1, -0.05) is 18.2 Å². The zero-order chi connectivity index (χ0) is 19.1. The number of anilines is 2. The molecule has 0 fully saturated rings. The van der Waals surface area contributed by atoms with Crippen molar-refractivity contribution in [3.63, 3.8) is 0 Å². The van der Waals surface area contributed by atoms with E-state index in [1.54, 1.807) is 6.07 Å². The molecule has 2 aromatic carbocycles. The lowest BCUT2D eigenvalue weighted by Gasteiger charge is -2.08. The van der Waals surface area contributed by atoms with E-state index < -0.39 is 0 Å². The third-order valence-electron chi connectivity index (χ3n) is 4.75. The maximum atomic E-state index is 12.5. The van der Waals surface area contributed by atoms with Gasteiger partial charge in [0, 0.05) is 16.5 Å². The van der Waals surface area contributed by atoms with Gasteiger partial charge < -0.3 is 0 Å². The second-order valence-electron chi connectivity index (χ2n) is 6.69. The van der Waals surface area contributed by atoms with Crippen LogP contribution in [0.4, 0.5) is 11.9 Å². The van der Waals surface area contributed by atoms with Crippen LogP contribution in [-0.2, 0) is 0 Å². The minimum atomic E-state index is -0.335. The van der Waals surface area contributed by atoms with Crippen LogP contribution < -0.4 is 10.9 Å². The Morgan fingerprint density at radius 3 is 2.04 bits per heavy atom. The molecule has 0 spiro atoms. The summed E-state index contributed by atoms with van der Waals surface area (Å²) in [5.41, 5.74) is 4.45. The fourth-order valence-electron chi connectivity index (χ4n) is 3.14. The van der Waals surface area contributed by atoms with Gasteiger partial charge in [-0.05, 0) is 57.0 Å². The summed E-state index contributed by atoms with van der Waals surface area (Å²) in [5, 5.41) is 5.33. The van der Waals surface area contributed by atoms with Crippen LogP contribution in [0, 0.1) is 27.7 Å². The molecule has 0 aliphatic carbocycles. The first-order valence-electron chi connectivity index (χ1n) is 8.73. The van der Waals surface area contributed by atoms with Crippen molar-refractivity contribution in [3.05, 3.63) is 69.3 Å². The van der Waals surface area contributed by atoms with E-state index in [-0.39, 0.29) is 11.5 Å². The number of benzene rings is 2. The van der Waals surface area contributed by atoms with Gasteiger partial charge in [-0.15, -0.1) is 0 Å². The molecule has 0 bridgehead atoms. The molecular weight excluding hydrogens is 338 g/mol. The van der Waals surface area contributed by atoms with Gasteiger partial charge in [0.15, 0.2) is 0 Å². The van der Waals surface area contributed by atoms with Gasteiger partial charge in [-0.25, -0.2) is 15.0 Å². The molecule has 0 atom stereocenters. The average Bonchev–Trinajstić information content (AvgIpc) is 2.74. The summed E-state index contributed by atoms with van der Waals surface area (Å²) >= 11 is 0. The number of aryl methyl sites for hydroxylation is 4. The highest BCUT2D eigenvalue weighted by Gasteiger charge is 2.10. The van der Waals surface area contributed by atoms with E-state index in [1.165, 1.54) is 5.56 Å². The van der Waals surface area contributed by atoms with Crippen LogP contribution >= 0.6 is 0 Å². The van der Waals surface area contributed by atoms with Crippen LogP contribution in [0.5, 0.6) is 0 Å². The van der Waals surface area contributed by atoms with Gasteiger partial charge in [-0.2, -0.15) is 4.98 Å². The highest BCUT2D eigenvalue weighted by atomic mass is 16.1. The number of aromatic nitrogens is 4. The van der Waals surface area contributed by atoms with E-state index >= 15 is 0 Å². The van der Waals surface area contributed by atoms with Crippen molar-refractivity contribution in [2.75, 3.05) is 5.32 Å². The highest BCUT2D eigenvalue weighted by molar-refractivity contribution is 5.84. The number of hydrogen-bond donors (Lipinski definition) is 1. The van der Waals surface area contributed by atoms with Crippen LogP contribution in [-0.4, -0.2) is 19.9 Å². The molecule has 0 saturated carbocycles. The first-order chi connectivity index (χ1) is 12.9. The summed E-state index contributed by atoms with van der Waals surface area (Å²) in [6, 6.07) is 11.4. The SMILES string of the molecule is Cc1cc2nc(Nc3nc(C)c4ccccc4c(=O)n3)nc(C)c2cc1C. The molecule has 2 aromatic heterocycles. The number of rotatable bonds is 2. The van der Waals surface area contributed by atoms with Crippen molar-refractivity contribution >= 4 is 33.6 Å². The van der Waals surface area contributed by atoms with Crippen molar-refractivity contribution in [3.8, 4) is 0 Å². The van der Waals surface area contributed by atoms with Crippen molar-refractivity contribution in [1.29, 1.82) is 0 Å². The summed E-state index contributed by atoms with van der Waals surface area (Å²) in [5.74, 6) is 0.564. The van der Waals surface area contributed by atoms with Gasteiger partial charge in [0.25, 0.3) is 5.56 Å². The van der Waals surface area contributed by atoms with E-state index in [9.17, 15) is 4.79 Å². The molecule has 0 aliphatic heterocycles. The van der Waals surface area contributed by atoms with Crippen molar-refractivity contribution in [2.24, 2.45) is 0 Å². The lowest BCUT2D eigenvalue weighted by atomic mass is 10.1. The zero-order valence-corrected chi connectivity index (χ0v) is 15.7. The molecule has 27 heavy (non-hydrogen) atoms. The number of nitrogens with one attached hydrogen (secondary N) is 1. The first-order valence-corrected chi connectivity index (χ1v) is 8.73. The van der Waals surface area contributed by atoms with E-state index in [2.05, 4.69) is 45.2 Å². The summed E-state index contributed by atoms with van der Waals surface area (Å²) in [4.78, 5) is 30.1. The van der Waals surface area contributed by atoms with Gasteiger partial charge in [0.1, 0.15) is 0 Å². The molecule has 0 unspecified atom stereocenters. The van der Waals surface area contributed by atoms with E-state index in [0.29, 0.717) is 17.0 Å². The lowest BCUT2D eigenvalue weighted by molar-refractivity contribution is 1.09. The van der Waals surface area contributed by atoms with Crippen molar-refractivity contribution in [2.45, 2.75) is 27.7 Å². The lowest BCUT2D eigenvalue weighted by Crippen LogP contribution is -2.07. The topological polar surface area (TPSA) is 80.7 Å². The largest absolute Gasteiger partial charge is 0.292 e. The average molecular weight is 357 g/mol. The zero-order valence-electron chi connectivity index (χ0n) is 15.7. The molecule has 6 nitrogen and oxygen atoms in total. The highest BCUT2D eigenvalue weighted by Crippen LogP contribution is 2.22. The molecule has 4 rings (SSSR count). The van der Waals surface area contributed by atoms with E-state index in [0.717, 1.165) is 27.5 Å². The maximum Gasteiger partial charge on any atom is 0.280 e. The predicted molar refractivity (Wildman–Crippen MR) is 108 cm³/mol. The molecule has 0 saturated heterocycles. The number of fused-ring (bicyclic) bond motifs is 2. The Bertz CT molecular complexity index is 1270. The predicted octanol–water partition coefficient (Wildman–Crippen LogP) is 3.91. The number of nitrogens with zero attached hydrogens (tertiary/aromatic N) is 4. The molecular formula is C21H19N5O.